The van der Waals surface area contributed by atoms with Gasteiger partial charge in [-0.1, -0.05) is 13.8 Å². The third kappa shape index (κ3) is 2.93. The number of β-amino-alcohol motifs (C(OH)–C–C–N with tert-alkyl or cyclic N) is 1. The second-order valence-corrected chi connectivity index (χ2v) is 4.85. The van der Waals surface area contributed by atoms with Crippen molar-refractivity contribution in [1.82, 2.24) is 4.90 Å². The van der Waals surface area contributed by atoms with E-state index in [1.54, 1.807) is 6.92 Å². The molecular weight excluding hydrogens is 166 g/mol. The fourth-order valence-electron chi connectivity index (χ4n) is 1.69. The molecule has 1 atom stereocenters. The summed E-state index contributed by atoms with van der Waals surface area (Å²) in [6.45, 7) is 8.69. The molecule has 0 aliphatic carbocycles. The number of aliphatic hydroxyl groups excluding tert-OH is 1. The van der Waals surface area contributed by atoms with Gasteiger partial charge in [0.1, 0.15) is 0 Å². The predicted octanol–water partition coefficient (Wildman–Crippen LogP) is 0.318. The van der Waals surface area contributed by atoms with Gasteiger partial charge in [0, 0.05) is 19.6 Å². The van der Waals surface area contributed by atoms with E-state index in [0.717, 1.165) is 24.9 Å². The fourth-order valence-corrected chi connectivity index (χ4v) is 1.69. The smallest absolute Gasteiger partial charge is 0.0975 e. The average molecular weight is 187 g/mol. The van der Waals surface area contributed by atoms with Crippen molar-refractivity contribution in [3.05, 3.63) is 0 Å². The molecule has 1 aliphatic rings. The lowest BCUT2D eigenvalue weighted by Gasteiger charge is -2.44. The highest BCUT2D eigenvalue weighted by Gasteiger charge is 2.33. The first-order valence-corrected chi connectivity index (χ1v) is 5.00. The molecule has 1 unspecified atom stereocenters. The zero-order valence-electron chi connectivity index (χ0n) is 8.82. The van der Waals surface area contributed by atoms with Gasteiger partial charge in [-0.25, -0.2) is 0 Å². The molecule has 0 aromatic carbocycles. The summed E-state index contributed by atoms with van der Waals surface area (Å²) in [5, 5.41) is 18.5. The van der Waals surface area contributed by atoms with Crippen molar-refractivity contribution in [3.8, 4) is 0 Å². The average Bonchev–Trinajstić information content (AvgIpc) is 1.95. The number of hydrogen-bond acceptors (Lipinski definition) is 3. The predicted molar refractivity (Wildman–Crippen MR) is 52.5 cm³/mol. The van der Waals surface area contributed by atoms with Crippen molar-refractivity contribution in [1.29, 1.82) is 0 Å². The molecule has 0 aromatic rings. The summed E-state index contributed by atoms with van der Waals surface area (Å²) in [5.41, 5.74) is -0.929. The van der Waals surface area contributed by atoms with Crippen molar-refractivity contribution in [2.45, 2.75) is 26.4 Å². The van der Waals surface area contributed by atoms with E-state index in [1.165, 1.54) is 0 Å². The molecule has 0 bridgehead atoms. The molecule has 1 saturated heterocycles. The van der Waals surface area contributed by atoms with Crippen LogP contribution >= 0.6 is 0 Å². The van der Waals surface area contributed by atoms with Crippen LogP contribution in [0.2, 0.25) is 0 Å². The second-order valence-electron chi connectivity index (χ2n) is 4.85. The van der Waals surface area contributed by atoms with E-state index in [0.29, 0.717) is 6.54 Å². The number of likely N-dealkylation sites (tertiary alicyclic amines) is 1. The molecule has 3 nitrogen and oxygen atoms in total. The first-order chi connectivity index (χ1) is 5.94. The van der Waals surface area contributed by atoms with E-state index in [4.69, 9.17) is 5.11 Å². The van der Waals surface area contributed by atoms with Gasteiger partial charge in [0.25, 0.3) is 0 Å². The van der Waals surface area contributed by atoms with Crippen LogP contribution in [0.1, 0.15) is 20.8 Å². The standard InChI is InChI=1S/C10H21NO2/c1-8(2)9-4-11(5-9)6-10(3,13)7-12/h8-9,12-13H,4-7H2,1-3H3. The summed E-state index contributed by atoms with van der Waals surface area (Å²) in [4.78, 5) is 2.20. The SMILES string of the molecule is CC(C)C1CN(CC(C)(O)CO)C1. The maximum Gasteiger partial charge on any atom is 0.0975 e. The lowest BCUT2D eigenvalue weighted by atomic mass is 9.87. The Labute approximate surface area is 80.4 Å². The topological polar surface area (TPSA) is 43.7 Å². The van der Waals surface area contributed by atoms with Gasteiger partial charge < -0.3 is 10.2 Å². The van der Waals surface area contributed by atoms with Gasteiger partial charge in [-0.2, -0.15) is 0 Å². The molecule has 13 heavy (non-hydrogen) atoms. The monoisotopic (exact) mass is 187 g/mol. The molecule has 0 aromatic heterocycles. The third-order valence-corrected chi connectivity index (χ3v) is 2.83. The lowest BCUT2D eigenvalue weighted by molar-refractivity contribution is -0.0567. The Kier molecular flexibility index (Phi) is 3.33. The van der Waals surface area contributed by atoms with Crippen molar-refractivity contribution < 1.29 is 10.2 Å². The van der Waals surface area contributed by atoms with Gasteiger partial charge in [-0.05, 0) is 18.8 Å². The molecule has 0 amide bonds. The normalized spacial score (nSPS) is 24.5. The van der Waals surface area contributed by atoms with Crippen LogP contribution < -0.4 is 0 Å². The lowest BCUT2D eigenvalue weighted by Crippen LogP contribution is -2.55. The molecule has 1 rings (SSSR count). The zero-order valence-corrected chi connectivity index (χ0v) is 8.82. The first-order valence-electron chi connectivity index (χ1n) is 5.00. The van der Waals surface area contributed by atoms with Crippen LogP contribution in [0.4, 0.5) is 0 Å². The zero-order chi connectivity index (χ0) is 10.1. The summed E-state index contributed by atoms with van der Waals surface area (Å²) in [7, 11) is 0. The minimum Gasteiger partial charge on any atom is -0.393 e. The van der Waals surface area contributed by atoms with Crippen LogP contribution in [0.3, 0.4) is 0 Å². The van der Waals surface area contributed by atoms with Crippen LogP contribution in [0.15, 0.2) is 0 Å². The Morgan fingerprint density at radius 3 is 2.38 bits per heavy atom. The van der Waals surface area contributed by atoms with Crippen LogP contribution in [0.25, 0.3) is 0 Å². The summed E-state index contributed by atoms with van der Waals surface area (Å²) in [6.07, 6.45) is 0. The van der Waals surface area contributed by atoms with Crippen LogP contribution in [-0.4, -0.2) is 47.0 Å². The van der Waals surface area contributed by atoms with E-state index >= 15 is 0 Å². The van der Waals surface area contributed by atoms with Crippen LogP contribution in [0, 0.1) is 11.8 Å². The van der Waals surface area contributed by atoms with Gasteiger partial charge in [-0.15, -0.1) is 0 Å². The van der Waals surface area contributed by atoms with Crippen molar-refractivity contribution in [3.63, 3.8) is 0 Å². The molecule has 0 saturated carbocycles. The number of rotatable bonds is 4. The molecule has 0 spiro atoms. The summed E-state index contributed by atoms with van der Waals surface area (Å²) >= 11 is 0. The van der Waals surface area contributed by atoms with E-state index in [-0.39, 0.29) is 6.61 Å². The molecule has 1 aliphatic heterocycles. The maximum absolute atomic E-state index is 9.59. The molecule has 1 fully saturated rings. The minimum atomic E-state index is -0.929. The highest BCUT2D eigenvalue weighted by Crippen LogP contribution is 2.24. The summed E-state index contributed by atoms with van der Waals surface area (Å²) < 4.78 is 0. The molecule has 78 valence electrons. The summed E-state index contributed by atoms with van der Waals surface area (Å²) in [6, 6.07) is 0. The molecular formula is C10H21NO2. The van der Waals surface area contributed by atoms with Crippen LogP contribution in [0.5, 0.6) is 0 Å². The maximum atomic E-state index is 9.59. The first kappa shape index (κ1) is 11.0. The molecule has 3 heteroatoms. The van der Waals surface area contributed by atoms with Crippen molar-refractivity contribution in [2.75, 3.05) is 26.2 Å². The molecule has 0 radical (unpaired) electrons. The Morgan fingerprint density at radius 2 is 2.00 bits per heavy atom. The second kappa shape index (κ2) is 3.95. The minimum absolute atomic E-state index is 0.157. The van der Waals surface area contributed by atoms with Crippen molar-refractivity contribution in [2.24, 2.45) is 11.8 Å². The third-order valence-electron chi connectivity index (χ3n) is 2.83. The van der Waals surface area contributed by atoms with E-state index in [1.807, 2.05) is 0 Å². The van der Waals surface area contributed by atoms with Gasteiger partial charge >= 0.3 is 0 Å². The largest absolute Gasteiger partial charge is 0.393 e. The van der Waals surface area contributed by atoms with Crippen molar-refractivity contribution >= 4 is 0 Å². The van der Waals surface area contributed by atoms with Gasteiger partial charge in [0.15, 0.2) is 0 Å². The highest BCUT2D eigenvalue weighted by atomic mass is 16.3. The Balaban J connectivity index is 2.21. The molecule has 2 N–H and O–H groups in total. The summed E-state index contributed by atoms with van der Waals surface area (Å²) in [5.74, 6) is 1.50. The van der Waals surface area contributed by atoms with E-state index in [9.17, 15) is 5.11 Å². The molecule has 1 heterocycles. The van der Waals surface area contributed by atoms with Gasteiger partial charge in [-0.3, -0.25) is 4.90 Å². The van der Waals surface area contributed by atoms with E-state index in [2.05, 4.69) is 18.7 Å². The highest BCUT2D eigenvalue weighted by molar-refractivity contribution is 4.86. The quantitative estimate of drug-likeness (QED) is 0.666. The van der Waals surface area contributed by atoms with Gasteiger partial charge in [0.05, 0.1) is 12.2 Å². The fraction of sp³-hybridized carbons (Fsp3) is 1.00. The number of nitrogens with zero attached hydrogens (tertiary/aromatic N) is 1. The number of aliphatic hydroxyl groups is 2. The Morgan fingerprint density at radius 1 is 1.46 bits per heavy atom. The van der Waals surface area contributed by atoms with Gasteiger partial charge in [0.2, 0.25) is 0 Å². The van der Waals surface area contributed by atoms with Crippen LogP contribution in [-0.2, 0) is 0 Å². The Hall–Kier alpha value is -0.120. The number of hydrogen-bond donors (Lipinski definition) is 2. The Bertz CT molecular complexity index is 162. The van der Waals surface area contributed by atoms with E-state index < -0.39 is 5.60 Å².